The number of carbonyl (C=O) groups excluding carboxylic acids is 3. The lowest BCUT2D eigenvalue weighted by Gasteiger charge is -2.07. The minimum absolute atomic E-state index is 0.280. The second-order valence-electron chi connectivity index (χ2n) is 6.63. The number of esters is 1. The Labute approximate surface area is 183 Å². The van der Waals surface area contributed by atoms with E-state index < -0.39 is 24.5 Å². The Morgan fingerprint density at radius 2 is 1.97 bits per heavy atom. The average Bonchev–Trinajstić information content (AvgIpc) is 3.37. The second-order valence-corrected chi connectivity index (χ2v) is 7.51. The first kappa shape index (κ1) is 22.0. The zero-order valence-electron chi connectivity index (χ0n) is 17.1. The van der Waals surface area contributed by atoms with Crippen LogP contribution in [0.3, 0.4) is 0 Å². The fraction of sp³-hybridized carbons (Fsp3) is 0.182. The molecule has 0 aliphatic rings. The van der Waals surface area contributed by atoms with E-state index in [0.29, 0.717) is 0 Å². The van der Waals surface area contributed by atoms with Crippen LogP contribution in [0.5, 0.6) is 0 Å². The van der Waals surface area contributed by atoms with Gasteiger partial charge in [-0.25, -0.2) is 14.6 Å². The van der Waals surface area contributed by atoms with Gasteiger partial charge in [0.15, 0.2) is 11.7 Å². The van der Waals surface area contributed by atoms with Gasteiger partial charge in [-0.1, -0.05) is 30.3 Å². The highest BCUT2D eigenvalue weighted by Gasteiger charge is 2.12. The van der Waals surface area contributed by atoms with E-state index in [4.69, 9.17) is 4.74 Å². The number of rotatable bonds is 7. The van der Waals surface area contributed by atoms with Crippen LogP contribution in [0.4, 0.5) is 4.79 Å². The van der Waals surface area contributed by atoms with Crippen LogP contribution in [0.15, 0.2) is 54.1 Å². The third-order valence-corrected chi connectivity index (χ3v) is 5.13. The Morgan fingerprint density at radius 3 is 2.68 bits per heavy atom. The van der Waals surface area contributed by atoms with Gasteiger partial charge in [0.2, 0.25) is 0 Å². The van der Waals surface area contributed by atoms with Crippen molar-refractivity contribution in [2.24, 2.45) is 0 Å². The van der Waals surface area contributed by atoms with E-state index in [9.17, 15) is 14.4 Å². The summed E-state index contributed by atoms with van der Waals surface area (Å²) in [5, 5.41) is 7.42. The molecule has 0 aliphatic carbocycles. The fourth-order valence-corrected chi connectivity index (χ4v) is 3.66. The minimum Gasteiger partial charge on any atom is -0.452 e. The summed E-state index contributed by atoms with van der Waals surface area (Å²) in [5.41, 5.74) is 3.66. The molecule has 2 aromatic heterocycles. The first-order valence-corrected chi connectivity index (χ1v) is 10.4. The van der Waals surface area contributed by atoms with E-state index in [1.54, 1.807) is 12.3 Å². The van der Waals surface area contributed by atoms with E-state index >= 15 is 0 Å². The van der Waals surface area contributed by atoms with Gasteiger partial charge in [0.25, 0.3) is 5.91 Å². The standard InChI is InChI=1S/C22H22N4O4S/c1-15-12-18(16(2)26(15)22-23-10-11-31-22)8-9-20(28)30-14-19(27)25-21(29)24-13-17-6-4-3-5-7-17/h3-12H,13-14H2,1-2H3,(H2,24,25,27,29)/b9-8+. The lowest BCUT2D eigenvalue weighted by molar-refractivity contribution is -0.143. The number of carbonyl (C=O) groups is 3. The normalized spacial score (nSPS) is 10.8. The van der Waals surface area contributed by atoms with E-state index in [0.717, 1.165) is 27.6 Å². The molecule has 0 saturated heterocycles. The SMILES string of the molecule is Cc1cc(/C=C/C(=O)OCC(=O)NC(=O)NCc2ccccc2)c(C)n1-c1nccs1. The van der Waals surface area contributed by atoms with Gasteiger partial charge in [-0.15, -0.1) is 11.3 Å². The molecule has 3 aromatic rings. The van der Waals surface area contributed by atoms with Crippen LogP contribution < -0.4 is 10.6 Å². The summed E-state index contributed by atoms with van der Waals surface area (Å²) in [5.74, 6) is -1.40. The molecule has 0 saturated carbocycles. The maximum Gasteiger partial charge on any atom is 0.331 e. The van der Waals surface area contributed by atoms with Gasteiger partial charge in [0.05, 0.1) is 0 Å². The van der Waals surface area contributed by atoms with Crippen molar-refractivity contribution in [1.82, 2.24) is 20.2 Å². The molecular weight excluding hydrogens is 416 g/mol. The maximum atomic E-state index is 11.9. The molecule has 0 radical (unpaired) electrons. The zero-order valence-corrected chi connectivity index (χ0v) is 17.9. The number of thiazole rings is 1. The molecule has 8 nitrogen and oxygen atoms in total. The molecule has 160 valence electrons. The average molecular weight is 439 g/mol. The summed E-state index contributed by atoms with van der Waals surface area (Å²) in [4.78, 5) is 39.8. The predicted octanol–water partition coefficient (Wildman–Crippen LogP) is 3.13. The topological polar surface area (TPSA) is 102 Å². The molecule has 0 spiro atoms. The molecule has 2 N–H and O–H groups in total. The van der Waals surface area contributed by atoms with Crippen LogP contribution in [0.1, 0.15) is 22.5 Å². The second kappa shape index (κ2) is 10.4. The summed E-state index contributed by atoms with van der Waals surface area (Å²) in [6, 6.07) is 10.6. The smallest absolute Gasteiger partial charge is 0.331 e. The molecule has 0 bridgehead atoms. The highest BCUT2D eigenvalue weighted by atomic mass is 32.1. The van der Waals surface area contributed by atoms with Crippen molar-refractivity contribution in [2.75, 3.05) is 6.61 Å². The summed E-state index contributed by atoms with van der Waals surface area (Å²) in [6.07, 6.45) is 4.61. The molecular formula is C22H22N4O4S. The van der Waals surface area contributed by atoms with Crippen LogP contribution in [0.25, 0.3) is 11.2 Å². The van der Waals surface area contributed by atoms with Crippen LogP contribution in [-0.4, -0.2) is 34.1 Å². The maximum absolute atomic E-state index is 11.9. The lowest BCUT2D eigenvalue weighted by Crippen LogP contribution is -2.41. The highest BCUT2D eigenvalue weighted by molar-refractivity contribution is 7.12. The van der Waals surface area contributed by atoms with E-state index in [1.165, 1.54) is 17.4 Å². The molecule has 1 aromatic carbocycles. The number of aromatic nitrogens is 2. The third kappa shape index (κ3) is 6.13. The zero-order chi connectivity index (χ0) is 22.2. The Kier molecular flexibility index (Phi) is 7.34. The molecule has 0 aliphatic heterocycles. The summed E-state index contributed by atoms with van der Waals surface area (Å²) < 4.78 is 6.90. The van der Waals surface area contributed by atoms with Gasteiger partial charge in [-0.3, -0.25) is 14.7 Å². The number of nitrogens with one attached hydrogen (secondary N) is 2. The monoisotopic (exact) mass is 438 g/mol. The van der Waals surface area contributed by atoms with Gasteiger partial charge in [-0.2, -0.15) is 0 Å². The number of aryl methyl sites for hydroxylation is 1. The number of amides is 3. The molecule has 2 heterocycles. The van der Waals surface area contributed by atoms with Crippen LogP contribution >= 0.6 is 11.3 Å². The van der Waals surface area contributed by atoms with Crippen LogP contribution in [0.2, 0.25) is 0 Å². The molecule has 0 atom stereocenters. The summed E-state index contributed by atoms with van der Waals surface area (Å²) in [7, 11) is 0. The summed E-state index contributed by atoms with van der Waals surface area (Å²) in [6.45, 7) is 3.61. The number of nitrogens with zero attached hydrogens (tertiary/aromatic N) is 2. The van der Waals surface area contributed by atoms with Gasteiger partial charge in [-0.05, 0) is 37.1 Å². The fourth-order valence-electron chi connectivity index (χ4n) is 2.90. The third-order valence-electron chi connectivity index (χ3n) is 4.37. The van der Waals surface area contributed by atoms with Crippen molar-refractivity contribution in [2.45, 2.75) is 20.4 Å². The van der Waals surface area contributed by atoms with Crippen molar-refractivity contribution < 1.29 is 19.1 Å². The Bertz CT molecular complexity index is 1090. The van der Waals surface area contributed by atoms with Gasteiger partial charge < -0.3 is 10.1 Å². The first-order valence-electron chi connectivity index (χ1n) is 9.49. The molecule has 31 heavy (non-hydrogen) atoms. The van der Waals surface area contributed by atoms with Crippen molar-refractivity contribution in [3.05, 3.63) is 76.6 Å². The number of imide groups is 1. The van der Waals surface area contributed by atoms with E-state index in [2.05, 4.69) is 15.6 Å². The minimum atomic E-state index is -0.714. The Hall–Kier alpha value is -3.72. The quantitative estimate of drug-likeness (QED) is 0.436. The first-order chi connectivity index (χ1) is 14.9. The van der Waals surface area contributed by atoms with Crippen molar-refractivity contribution in [3.63, 3.8) is 0 Å². The van der Waals surface area contributed by atoms with Crippen molar-refractivity contribution in [3.8, 4) is 5.13 Å². The molecule has 3 amide bonds. The molecule has 0 fully saturated rings. The molecule has 0 unspecified atom stereocenters. The molecule has 3 rings (SSSR count). The largest absolute Gasteiger partial charge is 0.452 e. The van der Waals surface area contributed by atoms with Crippen LogP contribution in [-0.2, 0) is 20.9 Å². The Balaban J connectivity index is 1.45. The highest BCUT2D eigenvalue weighted by Crippen LogP contribution is 2.23. The predicted molar refractivity (Wildman–Crippen MR) is 118 cm³/mol. The number of ether oxygens (including phenoxy) is 1. The number of urea groups is 1. The van der Waals surface area contributed by atoms with Crippen molar-refractivity contribution in [1.29, 1.82) is 0 Å². The number of benzene rings is 1. The van der Waals surface area contributed by atoms with Gasteiger partial charge >= 0.3 is 12.0 Å². The number of hydrogen-bond acceptors (Lipinski definition) is 6. The van der Waals surface area contributed by atoms with Crippen molar-refractivity contribution >= 4 is 35.3 Å². The lowest BCUT2D eigenvalue weighted by atomic mass is 10.2. The summed E-state index contributed by atoms with van der Waals surface area (Å²) >= 11 is 1.52. The van der Waals surface area contributed by atoms with Crippen LogP contribution in [0, 0.1) is 13.8 Å². The van der Waals surface area contributed by atoms with Gasteiger partial charge in [0, 0.05) is 35.6 Å². The molecule has 9 heteroatoms. The van der Waals surface area contributed by atoms with E-state index in [-0.39, 0.29) is 6.54 Å². The van der Waals surface area contributed by atoms with Gasteiger partial charge in [0.1, 0.15) is 0 Å². The number of hydrogen-bond donors (Lipinski definition) is 2. The Morgan fingerprint density at radius 1 is 1.19 bits per heavy atom. The van der Waals surface area contributed by atoms with E-state index in [1.807, 2.05) is 60.2 Å².